The number of anilines is 1. The molecule has 3 heterocycles. The van der Waals surface area contributed by atoms with Gasteiger partial charge in [0.25, 0.3) is 5.78 Å². The van der Waals surface area contributed by atoms with Crippen molar-refractivity contribution in [2.75, 3.05) is 11.2 Å². The minimum atomic E-state index is 0.104. The summed E-state index contributed by atoms with van der Waals surface area (Å²) in [5.74, 6) is 0.689. The number of benzene rings is 1. The van der Waals surface area contributed by atoms with Crippen LogP contribution < -0.4 is 4.90 Å². The van der Waals surface area contributed by atoms with Crippen LogP contribution in [0.1, 0.15) is 35.9 Å². The minimum absolute atomic E-state index is 0.104. The van der Waals surface area contributed by atoms with Crippen LogP contribution in [0.25, 0.3) is 5.78 Å². The second-order valence-electron chi connectivity index (χ2n) is 7.03. The largest absolute Gasteiger partial charge is 0.309 e. The van der Waals surface area contributed by atoms with Crippen molar-refractivity contribution in [2.45, 2.75) is 51.2 Å². The van der Waals surface area contributed by atoms with E-state index in [9.17, 15) is 4.79 Å². The van der Waals surface area contributed by atoms with E-state index in [1.165, 1.54) is 17.3 Å². The van der Waals surface area contributed by atoms with Gasteiger partial charge in [-0.1, -0.05) is 30.0 Å². The van der Waals surface area contributed by atoms with Gasteiger partial charge in [0.2, 0.25) is 11.1 Å². The predicted octanol–water partition coefficient (Wildman–Crippen LogP) is 3.37. The van der Waals surface area contributed by atoms with Crippen molar-refractivity contribution in [3.63, 3.8) is 0 Å². The van der Waals surface area contributed by atoms with Crippen LogP contribution in [-0.4, -0.2) is 37.8 Å². The second kappa shape index (κ2) is 6.96. The molecule has 1 aromatic carbocycles. The van der Waals surface area contributed by atoms with Crippen molar-refractivity contribution in [2.24, 2.45) is 0 Å². The molecule has 0 fully saturated rings. The van der Waals surface area contributed by atoms with Gasteiger partial charge in [-0.25, -0.2) is 9.50 Å². The van der Waals surface area contributed by atoms with Gasteiger partial charge in [-0.15, -0.1) is 5.10 Å². The third kappa shape index (κ3) is 3.10. The summed E-state index contributed by atoms with van der Waals surface area (Å²) < 4.78 is 1.75. The fraction of sp³-hybridized carbons (Fsp3) is 0.400. The molecular formula is C20H23N5OS. The van der Waals surface area contributed by atoms with Crippen molar-refractivity contribution in [3.05, 3.63) is 46.8 Å². The molecule has 0 bridgehead atoms. The Labute approximate surface area is 163 Å². The molecular weight excluding hydrogens is 358 g/mol. The number of para-hydroxylation sites is 1. The maximum atomic E-state index is 13.3. The van der Waals surface area contributed by atoms with Gasteiger partial charge in [0.1, 0.15) is 0 Å². The quantitative estimate of drug-likeness (QED) is 0.651. The molecule has 1 aliphatic heterocycles. The number of rotatable bonds is 3. The second-order valence-corrected chi connectivity index (χ2v) is 7.80. The summed E-state index contributed by atoms with van der Waals surface area (Å²) in [5.41, 5.74) is 4.98. The van der Waals surface area contributed by atoms with Crippen LogP contribution >= 0.6 is 11.8 Å². The molecule has 3 aromatic rings. The highest BCUT2D eigenvalue weighted by molar-refractivity contribution is 7.98. The highest BCUT2D eigenvalue weighted by Gasteiger charge is 2.29. The fourth-order valence-electron chi connectivity index (χ4n) is 3.84. The topological polar surface area (TPSA) is 63.4 Å². The summed E-state index contributed by atoms with van der Waals surface area (Å²) in [7, 11) is 0. The molecule has 0 unspecified atom stereocenters. The lowest BCUT2D eigenvalue weighted by Crippen LogP contribution is -2.43. The number of hydrogen-bond donors (Lipinski definition) is 0. The summed E-state index contributed by atoms with van der Waals surface area (Å²) in [4.78, 5) is 24.2. The number of fused-ring (bicyclic) bond motifs is 2. The van der Waals surface area contributed by atoms with Crippen LogP contribution in [0.15, 0.2) is 29.4 Å². The van der Waals surface area contributed by atoms with Crippen molar-refractivity contribution in [1.82, 2.24) is 19.6 Å². The van der Waals surface area contributed by atoms with Crippen LogP contribution in [0.4, 0.5) is 5.69 Å². The zero-order valence-electron chi connectivity index (χ0n) is 16.1. The monoisotopic (exact) mass is 381 g/mol. The van der Waals surface area contributed by atoms with E-state index in [-0.39, 0.29) is 11.9 Å². The molecule has 4 rings (SSSR count). The standard InChI is InChI=1S/C20H23N5OS/c1-12-9-10-15-7-5-6-8-17(15)24(12)18(26)11-16-13(2)21-19-22-20(27-4)23-25(19)14(16)3/h5-8,12H,9-11H2,1-4H3/t12-/m1/s1. The molecule has 0 aliphatic carbocycles. The third-order valence-electron chi connectivity index (χ3n) is 5.33. The van der Waals surface area contributed by atoms with Gasteiger partial charge < -0.3 is 4.90 Å². The minimum Gasteiger partial charge on any atom is -0.309 e. The highest BCUT2D eigenvalue weighted by atomic mass is 32.2. The number of carbonyl (C=O) groups is 1. The number of aryl methyl sites for hydroxylation is 3. The first-order valence-corrected chi connectivity index (χ1v) is 10.4. The first-order valence-electron chi connectivity index (χ1n) is 9.16. The number of carbonyl (C=O) groups excluding carboxylic acids is 1. The highest BCUT2D eigenvalue weighted by Crippen LogP contribution is 2.31. The summed E-state index contributed by atoms with van der Waals surface area (Å²) in [6.45, 7) is 6.05. The van der Waals surface area contributed by atoms with E-state index in [1.54, 1.807) is 4.52 Å². The summed E-state index contributed by atoms with van der Waals surface area (Å²) in [6, 6.07) is 8.40. The lowest BCUT2D eigenvalue weighted by atomic mass is 9.95. The van der Waals surface area contributed by atoms with Gasteiger partial charge in [-0.3, -0.25) is 4.79 Å². The van der Waals surface area contributed by atoms with E-state index in [0.717, 1.165) is 35.5 Å². The average Bonchev–Trinajstić information content (AvgIpc) is 3.08. The Kier molecular flexibility index (Phi) is 4.63. The molecule has 0 radical (unpaired) electrons. The molecule has 1 atom stereocenters. The van der Waals surface area contributed by atoms with Crippen LogP contribution in [0.2, 0.25) is 0 Å². The zero-order valence-corrected chi connectivity index (χ0v) is 16.9. The Bertz CT molecular complexity index is 1030. The lowest BCUT2D eigenvalue weighted by molar-refractivity contribution is -0.118. The van der Waals surface area contributed by atoms with Crippen LogP contribution in [-0.2, 0) is 17.6 Å². The van der Waals surface area contributed by atoms with Gasteiger partial charge in [-0.2, -0.15) is 4.98 Å². The normalized spacial score (nSPS) is 16.6. The Balaban J connectivity index is 1.71. The Morgan fingerprint density at radius 2 is 2.04 bits per heavy atom. The molecule has 2 aromatic heterocycles. The molecule has 1 amide bonds. The number of thioether (sulfide) groups is 1. The van der Waals surface area contributed by atoms with Crippen LogP contribution in [0.3, 0.4) is 0 Å². The summed E-state index contributed by atoms with van der Waals surface area (Å²) in [6.07, 6.45) is 4.26. The van der Waals surface area contributed by atoms with Gasteiger partial charge >= 0.3 is 0 Å². The fourth-order valence-corrected chi connectivity index (χ4v) is 4.17. The Hall–Kier alpha value is -2.41. The molecule has 7 heteroatoms. The number of amides is 1. The molecule has 6 nitrogen and oxygen atoms in total. The molecule has 1 aliphatic rings. The molecule has 27 heavy (non-hydrogen) atoms. The van der Waals surface area contributed by atoms with Crippen molar-refractivity contribution in [1.29, 1.82) is 0 Å². The van der Waals surface area contributed by atoms with E-state index < -0.39 is 0 Å². The first-order chi connectivity index (χ1) is 13.0. The molecule has 0 saturated heterocycles. The summed E-state index contributed by atoms with van der Waals surface area (Å²) in [5, 5.41) is 5.17. The van der Waals surface area contributed by atoms with Gasteiger partial charge in [0.05, 0.1) is 6.42 Å². The molecule has 0 N–H and O–H groups in total. The van der Waals surface area contributed by atoms with Gasteiger partial charge in [0.15, 0.2) is 0 Å². The zero-order chi connectivity index (χ0) is 19.1. The SMILES string of the molecule is CSc1nc2nc(C)c(CC(=O)N3c4ccccc4CC[C@H]3C)c(C)n2n1. The van der Waals surface area contributed by atoms with E-state index in [2.05, 4.69) is 28.1 Å². The Morgan fingerprint density at radius 1 is 1.26 bits per heavy atom. The van der Waals surface area contributed by atoms with Gasteiger partial charge in [0, 0.05) is 28.7 Å². The van der Waals surface area contributed by atoms with Crippen LogP contribution in [0.5, 0.6) is 0 Å². The maximum Gasteiger partial charge on any atom is 0.253 e. The number of nitrogens with zero attached hydrogens (tertiary/aromatic N) is 5. The number of aromatic nitrogens is 4. The maximum absolute atomic E-state index is 13.3. The van der Waals surface area contributed by atoms with Crippen LogP contribution in [0, 0.1) is 13.8 Å². The average molecular weight is 382 g/mol. The van der Waals surface area contributed by atoms with E-state index in [4.69, 9.17) is 0 Å². The van der Waals surface area contributed by atoms with Crippen molar-refractivity contribution < 1.29 is 4.79 Å². The smallest absolute Gasteiger partial charge is 0.253 e. The third-order valence-corrected chi connectivity index (χ3v) is 5.87. The lowest BCUT2D eigenvalue weighted by Gasteiger charge is -2.35. The van der Waals surface area contributed by atoms with E-state index in [1.807, 2.05) is 43.2 Å². The van der Waals surface area contributed by atoms with Gasteiger partial charge in [-0.05, 0) is 51.5 Å². The molecule has 140 valence electrons. The summed E-state index contributed by atoms with van der Waals surface area (Å²) >= 11 is 1.49. The predicted molar refractivity (Wildman–Crippen MR) is 107 cm³/mol. The first kappa shape index (κ1) is 18.0. The van der Waals surface area contributed by atoms with Crippen molar-refractivity contribution in [3.8, 4) is 0 Å². The number of hydrogen-bond acceptors (Lipinski definition) is 5. The van der Waals surface area contributed by atoms with E-state index >= 15 is 0 Å². The Morgan fingerprint density at radius 3 is 2.81 bits per heavy atom. The van der Waals surface area contributed by atoms with E-state index in [0.29, 0.717) is 17.4 Å². The molecule has 0 spiro atoms. The van der Waals surface area contributed by atoms with Crippen molar-refractivity contribution >= 4 is 29.1 Å². The molecule has 0 saturated carbocycles.